The lowest BCUT2D eigenvalue weighted by Gasteiger charge is -2.20. The average Bonchev–Trinajstić information content (AvgIpc) is 2.47. The number of amides is 1. The lowest BCUT2D eigenvalue weighted by atomic mass is 9.97. The summed E-state index contributed by atoms with van der Waals surface area (Å²) in [6, 6.07) is 13.3. The van der Waals surface area contributed by atoms with Crippen LogP contribution in [0, 0.1) is 6.92 Å². The Bertz CT molecular complexity index is 758. The molecule has 2 aromatic rings. The van der Waals surface area contributed by atoms with E-state index in [0.29, 0.717) is 5.02 Å². The fourth-order valence-electron chi connectivity index (χ4n) is 2.22. The van der Waals surface area contributed by atoms with Gasteiger partial charge in [-0.25, -0.2) is 4.79 Å². The van der Waals surface area contributed by atoms with Crippen molar-refractivity contribution in [3.05, 3.63) is 70.8 Å². The van der Waals surface area contributed by atoms with Crippen molar-refractivity contribution in [2.45, 2.75) is 33.3 Å². The van der Waals surface area contributed by atoms with Crippen molar-refractivity contribution in [3.8, 4) is 0 Å². The van der Waals surface area contributed by atoms with Crippen molar-refractivity contribution >= 4 is 29.0 Å². The number of ether oxygens (including phenoxy) is 1. The molecule has 0 saturated heterocycles. The van der Waals surface area contributed by atoms with Crippen LogP contribution in [-0.2, 0) is 4.74 Å². The highest BCUT2D eigenvalue weighted by atomic mass is 35.5. The van der Waals surface area contributed by atoms with Crippen molar-refractivity contribution < 1.29 is 9.53 Å². The average molecular weight is 344 g/mol. The summed E-state index contributed by atoms with van der Waals surface area (Å²) >= 11 is 5.92. The topological polar surface area (TPSA) is 38.3 Å². The summed E-state index contributed by atoms with van der Waals surface area (Å²) in [5.74, 6) is 0. The number of carbonyl (C=O) groups is 1. The van der Waals surface area contributed by atoms with E-state index in [1.54, 1.807) is 0 Å². The number of aryl methyl sites for hydroxylation is 1. The van der Waals surface area contributed by atoms with Gasteiger partial charge in [0.2, 0.25) is 0 Å². The third kappa shape index (κ3) is 4.87. The normalized spacial score (nSPS) is 11.0. The Labute approximate surface area is 148 Å². The maximum absolute atomic E-state index is 11.9. The lowest BCUT2D eigenvalue weighted by molar-refractivity contribution is 0.0636. The number of hydrogen-bond donors (Lipinski definition) is 1. The summed E-state index contributed by atoms with van der Waals surface area (Å²) in [4.78, 5) is 11.9. The highest BCUT2D eigenvalue weighted by Crippen LogP contribution is 2.26. The molecule has 0 aromatic heterocycles. The van der Waals surface area contributed by atoms with E-state index in [0.717, 1.165) is 28.0 Å². The third-order valence-corrected chi connectivity index (χ3v) is 3.66. The van der Waals surface area contributed by atoms with Crippen LogP contribution in [0.25, 0.3) is 5.57 Å². The Hall–Kier alpha value is -2.26. The Morgan fingerprint density at radius 3 is 2.21 bits per heavy atom. The van der Waals surface area contributed by atoms with Crippen LogP contribution in [0.15, 0.2) is 49.0 Å². The largest absolute Gasteiger partial charge is 0.444 e. The standard InChI is InChI=1S/C20H22ClNO2/c1-13-12-16(14(2)15-6-9-17(21)10-7-15)8-11-18(13)22-19(23)24-20(3,4)5/h6-12H,2H2,1,3-5H3,(H,22,23). The highest BCUT2D eigenvalue weighted by molar-refractivity contribution is 6.30. The number of rotatable bonds is 3. The van der Waals surface area contributed by atoms with Crippen molar-refractivity contribution in [2.24, 2.45) is 0 Å². The van der Waals surface area contributed by atoms with Gasteiger partial charge < -0.3 is 4.74 Å². The van der Waals surface area contributed by atoms with Gasteiger partial charge in [0.25, 0.3) is 0 Å². The summed E-state index contributed by atoms with van der Waals surface area (Å²) in [6.45, 7) is 11.6. The lowest BCUT2D eigenvalue weighted by Crippen LogP contribution is -2.27. The SMILES string of the molecule is C=C(c1ccc(Cl)cc1)c1ccc(NC(=O)OC(C)(C)C)c(C)c1. The minimum atomic E-state index is -0.527. The van der Waals surface area contributed by atoms with Gasteiger partial charge >= 0.3 is 6.09 Å². The second-order valence-electron chi connectivity index (χ2n) is 6.64. The van der Waals surface area contributed by atoms with E-state index in [9.17, 15) is 4.79 Å². The van der Waals surface area contributed by atoms with Crippen molar-refractivity contribution in [3.63, 3.8) is 0 Å². The van der Waals surface area contributed by atoms with Crippen LogP contribution in [0.1, 0.15) is 37.5 Å². The molecule has 1 N–H and O–H groups in total. The predicted molar refractivity (Wildman–Crippen MR) is 101 cm³/mol. The minimum Gasteiger partial charge on any atom is -0.444 e. The molecule has 0 aliphatic carbocycles. The first kappa shape index (κ1) is 18.1. The van der Waals surface area contributed by atoms with Gasteiger partial charge in [-0.15, -0.1) is 0 Å². The second-order valence-corrected chi connectivity index (χ2v) is 7.08. The first-order valence-corrected chi connectivity index (χ1v) is 8.09. The summed E-state index contributed by atoms with van der Waals surface area (Å²) in [6.07, 6.45) is -0.463. The number of hydrogen-bond acceptors (Lipinski definition) is 2. The number of carbonyl (C=O) groups excluding carboxylic acids is 1. The monoisotopic (exact) mass is 343 g/mol. The third-order valence-electron chi connectivity index (χ3n) is 3.40. The molecule has 0 heterocycles. The fraction of sp³-hybridized carbons (Fsp3) is 0.250. The maximum Gasteiger partial charge on any atom is 0.412 e. The van der Waals surface area contributed by atoms with Crippen molar-refractivity contribution in [2.75, 3.05) is 5.32 Å². The van der Waals surface area contributed by atoms with Gasteiger partial charge in [0.15, 0.2) is 0 Å². The molecule has 24 heavy (non-hydrogen) atoms. The molecule has 0 bridgehead atoms. The van der Waals surface area contributed by atoms with Crippen LogP contribution in [0.4, 0.5) is 10.5 Å². The van der Waals surface area contributed by atoms with Crippen LogP contribution in [-0.4, -0.2) is 11.7 Å². The van der Waals surface area contributed by atoms with E-state index in [2.05, 4.69) is 11.9 Å². The summed E-state index contributed by atoms with van der Waals surface area (Å²) < 4.78 is 5.27. The summed E-state index contributed by atoms with van der Waals surface area (Å²) in [7, 11) is 0. The van der Waals surface area contributed by atoms with E-state index < -0.39 is 11.7 Å². The molecule has 2 aromatic carbocycles. The maximum atomic E-state index is 11.9. The van der Waals surface area contributed by atoms with Gasteiger partial charge in [-0.3, -0.25) is 5.32 Å². The van der Waals surface area contributed by atoms with Crippen molar-refractivity contribution in [1.29, 1.82) is 0 Å². The molecule has 3 nitrogen and oxygen atoms in total. The number of halogens is 1. The second kappa shape index (κ2) is 7.10. The number of nitrogens with one attached hydrogen (secondary N) is 1. The first-order chi connectivity index (χ1) is 11.2. The Morgan fingerprint density at radius 2 is 1.67 bits per heavy atom. The summed E-state index contributed by atoms with van der Waals surface area (Å²) in [5.41, 5.74) is 4.03. The molecular weight excluding hydrogens is 322 g/mol. The van der Waals surface area contributed by atoms with E-state index in [-0.39, 0.29) is 0 Å². The number of anilines is 1. The molecule has 0 atom stereocenters. The Morgan fingerprint density at radius 1 is 1.08 bits per heavy atom. The molecule has 0 aliphatic heterocycles. The first-order valence-electron chi connectivity index (χ1n) is 7.71. The molecule has 0 radical (unpaired) electrons. The van der Waals surface area contributed by atoms with E-state index in [1.807, 2.05) is 70.2 Å². The minimum absolute atomic E-state index is 0.463. The molecule has 4 heteroatoms. The van der Waals surface area contributed by atoms with Crippen LogP contribution < -0.4 is 5.32 Å². The van der Waals surface area contributed by atoms with Crippen LogP contribution in [0.3, 0.4) is 0 Å². The fourth-order valence-corrected chi connectivity index (χ4v) is 2.35. The van der Waals surface area contributed by atoms with Crippen LogP contribution in [0.5, 0.6) is 0 Å². The highest BCUT2D eigenvalue weighted by Gasteiger charge is 2.17. The molecule has 1 amide bonds. The molecule has 2 rings (SSSR count). The van der Waals surface area contributed by atoms with Crippen molar-refractivity contribution in [1.82, 2.24) is 0 Å². The smallest absolute Gasteiger partial charge is 0.412 e. The Balaban J connectivity index is 2.16. The van der Waals surface area contributed by atoms with E-state index in [4.69, 9.17) is 16.3 Å². The molecule has 0 saturated carbocycles. The zero-order valence-corrected chi connectivity index (χ0v) is 15.2. The molecule has 0 unspecified atom stereocenters. The molecule has 0 fully saturated rings. The van der Waals surface area contributed by atoms with Crippen LogP contribution >= 0.6 is 11.6 Å². The van der Waals surface area contributed by atoms with Gasteiger partial charge in [-0.2, -0.15) is 0 Å². The predicted octanol–water partition coefficient (Wildman–Crippen LogP) is 6.06. The van der Waals surface area contributed by atoms with Gasteiger partial charge in [0.05, 0.1) is 0 Å². The van der Waals surface area contributed by atoms with E-state index >= 15 is 0 Å². The Kier molecular flexibility index (Phi) is 5.35. The summed E-state index contributed by atoms with van der Waals surface area (Å²) in [5, 5.41) is 3.47. The zero-order chi connectivity index (χ0) is 17.9. The molecule has 126 valence electrons. The van der Waals surface area contributed by atoms with Crippen LogP contribution in [0.2, 0.25) is 5.02 Å². The van der Waals surface area contributed by atoms with Gasteiger partial charge in [0, 0.05) is 10.7 Å². The van der Waals surface area contributed by atoms with E-state index in [1.165, 1.54) is 0 Å². The van der Waals surface area contributed by atoms with Gasteiger partial charge in [-0.05, 0) is 74.2 Å². The van der Waals surface area contributed by atoms with Gasteiger partial charge in [0.1, 0.15) is 5.60 Å². The zero-order valence-electron chi connectivity index (χ0n) is 14.4. The molecule has 0 aliphatic rings. The van der Waals surface area contributed by atoms with Gasteiger partial charge in [-0.1, -0.05) is 36.4 Å². The number of benzene rings is 2. The quantitative estimate of drug-likeness (QED) is 0.735. The molecule has 0 spiro atoms. The molecular formula is C20H22ClNO2.